The van der Waals surface area contributed by atoms with Gasteiger partial charge in [-0.3, -0.25) is 9.78 Å². The van der Waals surface area contributed by atoms with Gasteiger partial charge in [0.25, 0.3) is 5.91 Å². The van der Waals surface area contributed by atoms with Crippen molar-refractivity contribution in [3.8, 4) is 17.2 Å². The molecule has 0 saturated carbocycles. The Kier molecular flexibility index (Phi) is 5.11. The second-order valence-corrected chi connectivity index (χ2v) is 6.64. The van der Waals surface area contributed by atoms with Gasteiger partial charge in [0, 0.05) is 29.8 Å². The number of hydrogen-bond acceptors (Lipinski definition) is 5. The molecule has 1 amide bonds. The molecule has 0 aliphatic rings. The van der Waals surface area contributed by atoms with Gasteiger partial charge >= 0.3 is 0 Å². The summed E-state index contributed by atoms with van der Waals surface area (Å²) in [4.78, 5) is 25.4. The molecule has 0 aliphatic carbocycles. The third-order valence-corrected chi connectivity index (χ3v) is 4.67. The summed E-state index contributed by atoms with van der Waals surface area (Å²) >= 11 is 0. The summed E-state index contributed by atoms with van der Waals surface area (Å²) in [5.41, 5.74) is 3.97. The van der Waals surface area contributed by atoms with E-state index >= 15 is 0 Å². The highest BCUT2D eigenvalue weighted by atomic mass is 16.1. The van der Waals surface area contributed by atoms with Crippen molar-refractivity contribution in [1.29, 1.82) is 0 Å². The molecular weight excluding hydrogens is 364 g/mol. The number of hydrogen-bond donors (Lipinski definition) is 1. The Bertz CT molecular complexity index is 1110. The first-order valence-electron chi connectivity index (χ1n) is 9.28. The van der Waals surface area contributed by atoms with Gasteiger partial charge in [-0.15, -0.1) is 0 Å². The van der Waals surface area contributed by atoms with Gasteiger partial charge in [0.15, 0.2) is 5.82 Å². The molecule has 0 spiro atoms. The van der Waals surface area contributed by atoms with Crippen LogP contribution in [0.15, 0.2) is 73.3 Å². The molecule has 3 aromatic heterocycles. The zero-order chi connectivity index (χ0) is 20.2. The zero-order valence-corrected chi connectivity index (χ0v) is 16.1. The fourth-order valence-corrected chi connectivity index (χ4v) is 3.11. The molecule has 3 heterocycles. The van der Waals surface area contributed by atoms with Gasteiger partial charge in [0.2, 0.25) is 0 Å². The number of nitrogens with one attached hydrogen (secondary N) is 1. The molecule has 0 fully saturated rings. The molecular formula is C22H20N6O. The van der Waals surface area contributed by atoms with E-state index in [9.17, 15) is 4.79 Å². The van der Waals surface area contributed by atoms with Crippen molar-refractivity contribution < 1.29 is 4.79 Å². The van der Waals surface area contributed by atoms with Crippen LogP contribution in [0, 0.1) is 6.92 Å². The van der Waals surface area contributed by atoms with E-state index < -0.39 is 0 Å². The Morgan fingerprint density at radius 3 is 2.38 bits per heavy atom. The number of carbonyl (C=O) groups excluding carboxylic acids is 1. The molecule has 0 bridgehead atoms. The highest BCUT2D eigenvalue weighted by Gasteiger charge is 2.17. The molecule has 4 aromatic rings. The standard InChI is InChI=1S/C22H20N6O/c1-15(19-14-26-28(16(19)2)18-8-4-3-5-9-18)27-22(29)17-12-24-21(25-13-17)20-10-6-7-11-23-20/h3-15H,1-2H3,(H,27,29)/t15-/m0/s1. The Hall–Kier alpha value is -3.87. The van der Waals surface area contributed by atoms with Crippen LogP contribution in [0.3, 0.4) is 0 Å². The van der Waals surface area contributed by atoms with Gasteiger partial charge < -0.3 is 5.32 Å². The average molecular weight is 384 g/mol. The topological polar surface area (TPSA) is 85.6 Å². The number of nitrogens with zero attached hydrogens (tertiary/aromatic N) is 5. The summed E-state index contributed by atoms with van der Waals surface area (Å²) in [5.74, 6) is 0.243. The lowest BCUT2D eigenvalue weighted by Crippen LogP contribution is -2.27. The van der Waals surface area contributed by atoms with Crippen molar-refractivity contribution in [2.45, 2.75) is 19.9 Å². The van der Waals surface area contributed by atoms with Crippen LogP contribution >= 0.6 is 0 Å². The van der Waals surface area contributed by atoms with E-state index in [1.807, 2.05) is 67.1 Å². The molecule has 29 heavy (non-hydrogen) atoms. The highest BCUT2D eigenvalue weighted by molar-refractivity contribution is 5.94. The first-order valence-corrected chi connectivity index (χ1v) is 9.28. The van der Waals surface area contributed by atoms with Crippen LogP contribution in [0.5, 0.6) is 0 Å². The van der Waals surface area contributed by atoms with Crippen LogP contribution in [0.2, 0.25) is 0 Å². The maximum atomic E-state index is 12.6. The minimum absolute atomic E-state index is 0.213. The monoisotopic (exact) mass is 384 g/mol. The largest absolute Gasteiger partial charge is 0.345 e. The van der Waals surface area contributed by atoms with Crippen LogP contribution in [0.1, 0.15) is 34.6 Å². The number of para-hydroxylation sites is 1. The van der Waals surface area contributed by atoms with Gasteiger partial charge in [0.1, 0.15) is 5.69 Å². The molecule has 7 nitrogen and oxygen atoms in total. The SMILES string of the molecule is Cc1c([C@H](C)NC(=O)c2cnc(-c3ccccn3)nc2)cnn1-c1ccccc1. The summed E-state index contributed by atoms with van der Waals surface area (Å²) in [7, 11) is 0. The van der Waals surface area contributed by atoms with Crippen LogP contribution in [-0.4, -0.2) is 30.6 Å². The average Bonchev–Trinajstić information content (AvgIpc) is 3.16. The highest BCUT2D eigenvalue weighted by Crippen LogP contribution is 2.20. The number of benzene rings is 1. The van der Waals surface area contributed by atoms with Crippen molar-refractivity contribution >= 4 is 5.91 Å². The molecule has 1 N–H and O–H groups in total. The van der Waals surface area contributed by atoms with E-state index in [4.69, 9.17) is 0 Å². The lowest BCUT2D eigenvalue weighted by atomic mass is 10.1. The first-order chi connectivity index (χ1) is 14.1. The number of pyridine rings is 1. The number of aromatic nitrogens is 5. The van der Waals surface area contributed by atoms with Crippen molar-refractivity contribution in [2.75, 3.05) is 0 Å². The fraction of sp³-hybridized carbons (Fsp3) is 0.136. The normalized spacial score (nSPS) is 11.8. The van der Waals surface area contributed by atoms with Crippen LogP contribution in [0.25, 0.3) is 17.2 Å². The maximum Gasteiger partial charge on any atom is 0.254 e. The molecule has 0 aliphatic heterocycles. The van der Waals surface area contributed by atoms with E-state index in [-0.39, 0.29) is 11.9 Å². The minimum Gasteiger partial charge on any atom is -0.345 e. The second kappa shape index (κ2) is 8.02. The quantitative estimate of drug-likeness (QED) is 0.569. The van der Waals surface area contributed by atoms with Gasteiger partial charge in [0.05, 0.1) is 23.5 Å². The van der Waals surface area contributed by atoms with Crippen molar-refractivity contribution in [2.24, 2.45) is 0 Å². The molecule has 1 atom stereocenters. The molecule has 144 valence electrons. The van der Waals surface area contributed by atoms with Gasteiger partial charge in [-0.2, -0.15) is 5.10 Å². The summed E-state index contributed by atoms with van der Waals surface area (Å²) < 4.78 is 1.86. The Balaban J connectivity index is 1.48. The van der Waals surface area contributed by atoms with Crippen molar-refractivity contribution in [1.82, 2.24) is 30.0 Å². The molecule has 0 radical (unpaired) electrons. The number of amides is 1. The third kappa shape index (κ3) is 3.89. The smallest absolute Gasteiger partial charge is 0.254 e. The van der Waals surface area contributed by atoms with Gasteiger partial charge in [-0.1, -0.05) is 24.3 Å². The predicted molar refractivity (Wildman–Crippen MR) is 109 cm³/mol. The summed E-state index contributed by atoms with van der Waals surface area (Å²) in [6.07, 6.45) is 6.49. The Morgan fingerprint density at radius 2 is 1.69 bits per heavy atom. The molecule has 4 rings (SSSR count). The molecule has 0 unspecified atom stereocenters. The lowest BCUT2D eigenvalue weighted by molar-refractivity contribution is 0.0939. The second-order valence-electron chi connectivity index (χ2n) is 6.64. The summed E-state index contributed by atoms with van der Waals surface area (Å²) in [6, 6.07) is 15.2. The van der Waals surface area contributed by atoms with Crippen LogP contribution in [0.4, 0.5) is 0 Å². The summed E-state index contributed by atoms with van der Waals surface area (Å²) in [6.45, 7) is 3.92. The molecule has 7 heteroatoms. The maximum absolute atomic E-state index is 12.6. The zero-order valence-electron chi connectivity index (χ0n) is 16.1. The van der Waals surface area contributed by atoms with E-state index in [0.717, 1.165) is 16.9 Å². The van der Waals surface area contributed by atoms with E-state index in [1.165, 1.54) is 12.4 Å². The molecule has 0 saturated heterocycles. The fourth-order valence-electron chi connectivity index (χ4n) is 3.11. The minimum atomic E-state index is -0.239. The lowest BCUT2D eigenvalue weighted by Gasteiger charge is -2.14. The van der Waals surface area contributed by atoms with E-state index in [2.05, 4.69) is 25.4 Å². The first kappa shape index (κ1) is 18.5. The molecule has 1 aromatic carbocycles. The third-order valence-electron chi connectivity index (χ3n) is 4.67. The Labute approximate surface area is 168 Å². The van der Waals surface area contributed by atoms with Crippen LogP contribution in [-0.2, 0) is 0 Å². The van der Waals surface area contributed by atoms with E-state index in [1.54, 1.807) is 12.4 Å². The predicted octanol–water partition coefficient (Wildman–Crippen LogP) is 3.52. The van der Waals surface area contributed by atoms with Crippen LogP contribution < -0.4 is 5.32 Å². The van der Waals surface area contributed by atoms with Crippen molar-refractivity contribution in [3.05, 3.63) is 90.1 Å². The van der Waals surface area contributed by atoms with Crippen molar-refractivity contribution in [3.63, 3.8) is 0 Å². The number of rotatable bonds is 5. The van der Waals surface area contributed by atoms with Gasteiger partial charge in [-0.05, 0) is 38.1 Å². The van der Waals surface area contributed by atoms with E-state index in [0.29, 0.717) is 17.1 Å². The van der Waals surface area contributed by atoms with Gasteiger partial charge in [-0.25, -0.2) is 14.6 Å². The number of carbonyl (C=O) groups is 1. The Morgan fingerprint density at radius 1 is 0.966 bits per heavy atom. The summed E-state index contributed by atoms with van der Waals surface area (Å²) in [5, 5.41) is 7.46.